The van der Waals surface area contributed by atoms with E-state index in [1.165, 1.54) is 5.56 Å². The summed E-state index contributed by atoms with van der Waals surface area (Å²) < 4.78 is 6.79. The number of ether oxygens (including phenoxy) is 1. The Bertz CT molecular complexity index is 645. The lowest BCUT2D eigenvalue weighted by Crippen LogP contribution is -2.24. The van der Waals surface area contributed by atoms with Crippen molar-refractivity contribution in [2.75, 3.05) is 19.5 Å². The summed E-state index contributed by atoms with van der Waals surface area (Å²) in [7, 11) is 1.66. The minimum atomic E-state index is -0.136. The van der Waals surface area contributed by atoms with Gasteiger partial charge in [0.2, 0.25) is 0 Å². The van der Waals surface area contributed by atoms with Crippen molar-refractivity contribution in [1.29, 1.82) is 0 Å². The molecule has 2 rings (SSSR count). The Labute approximate surface area is 125 Å². The number of aromatic nitrogens is 1. The molecule has 0 aliphatic carbocycles. The van der Waals surface area contributed by atoms with Crippen LogP contribution in [0.1, 0.15) is 18.9 Å². The van der Waals surface area contributed by atoms with Gasteiger partial charge in [0.05, 0.1) is 11.4 Å². The number of nitrogens with zero attached hydrogens (tertiary/aromatic N) is 1. The van der Waals surface area contributed by atoms with E-state index in [2.05, 4.69) is 31.2 Å². The Balaban J connectivity index is 2.41. The second-order valence-corrected chi connectivity index (χ2v) is 5.03. The first-order valence-electron chi connectivity index (χ1n) is 7.25. The Morgan fingerprint density at radius 3 is 2.48 bits per heavy atom. The maximum Gasteiger partial charge on any atom is 0.274 e. The van der Waals surface area contributed by atoms with E-state index in [0.717, 1.165) is 24.1 Å². The number of aryl methyl sites for hydroxylation is 1. The summed E-state index contributed by atoms with van der Waals surface area (Å²) in [5, 5.41) is 0. The highest BCUT2D eigenvalue weighted by Crippen LogP contribution is 2.20. The fourth-order valence-electron chi connectivity index (χ4n) is 2.35. The maximum atomic E-state index is 12.3. The largest absolute Gasteiger partial charge is 0.394 e. The summed E-state index contributed by atoms with van der Waals surface area (Å²) in [5.41, 5.74) is 9.10. The predicted octanol–water partition coefficient (Wildman–Crippen LogP) is 2.70. The van der Waals surface area contributed by atoms with Crippen molar-refractivity contribution < 1.29 is 4.74 Å². The van der Waals surface area contributed by atoms with E-state index in [4.69, 9.17) is 10.5 Å². The molecule has 0 saturated heterocycles. The predicted molar refractivity (Wildman–Crippen MR) is 86.4 cm³/mol. The van der Waals surface area contributed by atoms with Gasteiger partial charge in [-0.25, -0.2) is 0 Å². The number of hydrogen-bond donors (Lipinski definition) is 1. The molecule has 4 nitrogen and oxygen atoms in total. The van der Waals surface area contributed by atoms with Gasteiger partial charge in [-0.15, -0.1) is 0 Å². The van der Waals surface area contributed by atoms with E-state index >= 15 is 0 Å². The molecule has 1 aromatic carbocycles. The molecule has 1 heterocycles. The maximum absolute atomic E-state index is 12.3. The zero-order valence-electron chi connectivity index (χ0n) is 12.6. The monoisotopic (exact) mass is 286 g/mol. The zero-order valence-corrected chi connectivity index (χ0v) is 12.6. The average molecular weight is 286 g/mol. The molecule has 0 unspecified atom stereocenters. The normalized spacial score (nSPS) is 10.8. The third-order valence-corrected chi connectivity index (χ3v) is 3.59. The van der Waals surface area contributed by atoms with Crippen LogP contribution in [0.15, 0.2) is 41.2 Å². The topological polar surface area (TPSA) is 57.2 Å². The molecule has 2 aromatic rings. The highest BCUT2D eigenvalue weighted by Gasteiger charge is 2.08. The van der Waals surface area contributed by atoms with Crippen molar-refractivity contribution >= 4 is 5.69 Å². The molecule has 1 aromatic heterocycles. The quantitative estimate of drug-likeness (QED) is 0.831. The first kappa shape index (κ1) is 15.3. The Morgan fingerprint density at radius 2 is 1.86 bits per heavy atom. The highest BCUT2D eigenvalue weighted by molar-refractivity contribution is 5.61. The first-order valence-corrected chi connectivity index (χ1v) is 7.25. The molecule has 0 radical (unpaired) electrons. The van der Waals surface area contributed by atoms with Gasteiger partial charge in [-0.2, -0.15) is 0 Å². The number of benzene rings is 1. The van der Waals surface area contributed by atoms with Gasteiger partial charge in [0, 0.05) is 20.3 Å². The molecule has 0 saturated carbocycles. The lowest BCUT2D eigenvalue weighted by molar-refractivity contribution is 0.190. The van der Waals surface area contributed by atoms with Crippen molar-refractivity contribution in [2.24, 2.45) is 0 Å². The minimum Gasteiger partial charge on any atom is -0.394 e. The molecule has 0 aliphatic rings. The summed E-state index contributed by atoms with van der Waals surface area (Å²) in [6, 6.07) is 11.9. The fourth-order valence-corrected chi connectivity index (χ4v) is 2.35. The third kappa shape index (κ3) is 3.52. The van der Waals surface area contributed by atoms with Gasteiger partial charge in [0.1, 0.15) is 0 Å². The molecule has 112 valence electrons. The summed E-state index contributed by atoms with van der Waals surface area (Å²) in [6.45, 7) is 3.34. The van der Waals surface area contributed by atoms with Crippen LogP contribution in [0.3, 0.4) is 0 Å². The van der Waals surface area contributed by atoms with Gasteiger partial charge in [0.15, 0.2) is 0 Å². The molecule has 2 N–H and O–H groups in total. The molecule has 0 bridgehead atoms. The summed E-state index contributed by atoms with van der Waals surface area (Å²) in [6.07, 6.45) is 1.78. The molecule has 0 spiro atoms. The van der Waals surface area contributed by atoms with Gasteiger partial charge in [-0.05, 0) is 36.1 Å². The van der Waals surface area contributed by atoms with E-state index in [1.54, 1.807) is 17.7 Å². The number of methoxy groups -OCH3 is 1. The van der Waals surface area contributed by atoms with Crippen molar-refractivity contribution in [1.82, 2.24) is 4.57 Å². The van der Waals surface area contributed by atoms with Gasteiger partial charge < -0.3 is 15.0 Å². The van der Waals surface area contributed by atoms with Crippen LogP contribution < -0.4 is 11.3 Å². The van der Waals surface area contributed by atoms with Crippen molar-refractivity contribution in [3.63, 3.8) is 0 Å². The van der Waals surface area contributed by atoms with Crippen LogP contribution in [0.2, 0.25) is 0 Å². The number of rotatable bonds is 6. The molecule has 0 fully saturated rings. The molecule has 0 amide bonds. The summed E-state index contributed by atoms with van der Waals surface area (Å²) in [4.78, 5) is 12.3. The smallest absolute Gasteiger partial charge is 0.274 e. The van der Waals surface area contributed by atoms with Crippen LogP contribution >= 0.6 is 0 Å². The molecule has 4 heteroatoms. The molecular weight excluding hydrogens is 264 g/mol. The van der Waals surface area contributed by atoms with Gasteiger partial charge in [-0.1, -0.05) is 31.2 Å². The van der Waals surface area contributed by atoms with Crippen LogP contribution in [-0.2, 0) is 17.7 Å². The second kappa shape index (κ2) is 7.09. The van der Waals surface area contributed by atoms with Crippen LogP contribution in [-0.4, -0.2) is 18.3 Å². The van der Waals surface area contributed by atoms with E-state index in [9.17, 15) is 4.79 Å². The van der Waals surface area contributed by atoms with Crippen molar-refractivity contribution in [3.05, 3.63) is 52.3 Å². The summed E-state index contributed by atoms with van der Waals surface area (Å²) >= 11 is 0. The van der Waals surface area contributed by atoms with Crippen LogP contribution in [0.4, 0.5) is 5.69 Å². The Kier molecular flexibility index (Phi) is 5.17. The van der Waals surface area contributed by atoms with Gasteiger partial charge in [0.25, 0.3) is 5.56 Å². The second-order valence-electron chi connectivity index (χ2n) is 5.03. The fraction of sp³-hybridized carbons (Fsp3) is 0.353. The summed E-state index contributed by atoms with van der Waals surface area (Å²) in [5.74, 6) is 0. The number of pyridine rings is 1. The van der Waals surface area contributed by atoms with Crippen molar-refractivity contribution in [2.45, 2.75) is 26.3 Å². The minimum absolute atomic E-state index is 0.136. The molecule has 0 atom stereocenters. The standard InChI is InChI=1S/C17H22N2O2/c1-3-13-5-7-14(8-6-13)16-10-9-15(18)17(20)19(16)11-4-12-21-2/h5-10H,3-4,11-12,18H2,1-2H3. The number of nitrogen functional groups attached to an aromatic ring is 1. The SMILES string of the molecule is CCc1ccc(-c2ccc(N)c(=O)n2CCCOC)cc1. The number of hydrogen-bond acceptors (Lipinski definition) is 3. The molecule has 21 heavy (non-hydrogen) atoms. The van der Waals surface area contributed by atoms with E-state index in [-0.39, 0.29) is 11.2 Å². The van der Waals surface area contributed by atoms with E-state index in [1.807, 2.05) is 6.07 Å². The zero-order chi connectivity index (χ0) is 15.2. The Hall–Kier alpha value is -2.07. The number of anilines is 1. The molecule has 0 aliphatic heterocycles. The van der Waals surface area contributed by atoms with Crippen LogP contribution in [0.5, 0.6) is 0 Å². The Morgan fingerprint density at radius 1 is 1.14 bits per heavy atom. The average Bonchev–Trinajstić information content (AvgIpc) is 2.52. The van der Waals surface area contributed by atoms with E-state index < -0.39 is 0 Å². The van der Waals surface area contributed by atoms with Crippen molar-refractivity contribution in [3.8, 4) is 11.3 Å². The molecular formula is C17H22N2O2. The third-order valence-electron chi connectivity index (χ3n) is 3.59. The lowest BCUT2D eigenvalue weighted by atomic mass is 10.1. The van der Waals surface area contributed by atoms with Crippen LogP contribution in [0.25, 0.3) is 11.3 Å². The van der Waals surface area contributed by atoms with E-state index in [0.29, 0.717) is 13.2 Å². The first-order chi connectivity index (χ1) is 10.2. The van der Waals surface area contributed by atoms with Gasteiger partial charge >= 0.3 is 0 Å². The van der Waals surface area contributed by atoms with Gasteiger partial charge in [-0.3, -0.25) is 4.79 Å². The highest BCUT2D eigenvalue weighted by atomic mass is 16.5. The lowest BCUT2D eigenvalue weighted by Gasteiger charge is -2.14. The number of nitrogens with two attached hydrogens (primary N) is 1. The van der Waals surface area contributed by atoms with Crippen LogP contribution in [0, 0.1) is 0 Å².